The van der Waals surface area contributed by atoms with Gasteiger partial charge in [-0.15, -0.1) is 0 Å². The van der Waals surface area contributed by atoms with Crippen molar-refractivity contribution in [1.29, 1.82) is 0 Å². The molecule has 0 heterocycles. The normalized spacial score (nSPS) is 10.9. The lowest BCUT2D eigenvalue weighted by atomic mass is 10.1. The van der Waals surface area contributed by atoms with Crippen LogP contribution in [0.4, 0.5) is 14.5 Å². The van der Waals surface area contributed by atoms with E-state index in [0.717, 1.165) is 40.7 Å². The van der Waals surface area contributed by atoms with E-state index in [1.54, 1.807) is 0 Å². The van der Waals surface area contributed by atoms with Crippen LogP contribution in [0.1, 0.15) is 22.3 Å². The molecule has 0 atom stereocenters. The fraction of sp³-hybridized carbons (Fsp3) is 0.222. The van der Waals surface area contributed by atoms with Crippen LogP contribution in [-0.4, -0.2) is 18.7 Å². The summed E-state index contributed by atoms with van der Waals surface area (Å²) in [7, 11) is 0. The van der Waals surface area contributed by atoms with Gasteiger partial charge in [0.2, 0.25) is 0 Å². The van der Waals surface area contributed by atoms with Crippen molar-refractivity contribution in [2.75, 3.05) is 11.9 Å². The molecule has 0 aliphatic carbocycles. The lowest BCUT2D eigenvalue weighted by Crippen LogP contribution is -2.26. The van der Waals surface area contributed by atoms with Crippen LogP contribution in [0.3, 0.4) is 0 Å². The molecular formula is C18H19F2N3O. The Morgan fingerprint density at radius 2 is 1.71 bits per heavy atom. The number of anilines is 1. The molecule has 2 rings (SSSR count). The summed E-state index contributed by atoms with van der Waals surface area (Å²) in [5, 5.41) is 6.64. The second kappa shape index (κ2) is 7.68. The van der Waals surface area contributed by atoms with Crippen LogP contribution < -0.4 is 10.7 Å². The molecule has 0 aliphatic heterocycles. The topological polar surface area (TPSA) is 53.5 Å². The van der Waals surface area contributed by atoms with Crippen LogP contribution in [0.25, 0.3) is 0 Å². The number of halogens is 2. The van der Waals surface area contributed by atoms with E-state index in [1.807, 2.05) is 32.9 Å². The zero-order chi connectivity index (χ0) is 17.7. The molecule has 1 amide bonds. The number of hydrazone groups is 1. The number of benzene rings is 2. The Kier molecular flexibility index (Phi) is 5.63. The highest BCUT2D eigenvalue weighted by molar-refractivity contribution is 5.84. The number of nitrogens with one attached hydrogen (secondary N) is 2. The molecule has 0 aromatic heterocycles. The summed E-state index contributed by atoms with van der Waals surface area (Å²) in [4.78, 5) is 11.8. The van der Waals surface area contributed by atoms with Crippen LogP contribution >= 0.6 is 0 Å². The van der Waals surface area contributed by atoms with Gasteiger partial charge in [0.15, 0.2) is 0 Å². The summed E-state index contributed by atoms with van der Waals surface area (Å²) >= 11 is 0. The monoisotopic (exact) mass is 331 g/mol. The van der Waals surface area contributed by atoms with Crippen molar-refractivity contribution in [3.05, 3.63) is 64.2 Å². The van der Waals surface area contributed by atoms with Crippen molar-refractivity contribution in [1.82, 2.24) is 5.43 Å². The van der Waals surface area contributed by atoms with Crippen molar-refractivity contribution in [2.45, 2.75) is 20.8 Å². The number of nitrogens with zero attached hydrogens (tertiary/aromatic N) is 1. The van der Waals surface area contributed by atoms with E-state index in [2.05, 4.69) is 15.8 Å². The van der Waals surface area contributed by atoms with Gasteiger partial charge < -0.3 is 5.32 Å². The predicted octanol–water partition coefficient (Wildman–Crippen LogP) is 3.45. The Bertz CT molecular complexity index is 745. The van der Waals surface area contributed by atoms with Gasteiger partial charge in [0.25, 0.3) is 5.91 Å². The summed E-state index contributed by atoms with van der Waals surface area (Å²) in [5.74, 6) is -1.89. The maximum atomic E-state index is 13.4. The molecule has 0 bridgehead atoms. The maximum Gasteiger partial charge on any atom is 0.259 e. The maximum absolute atomic E-state index is 13.4. The summed E-state index contributed by atoms with van der Waals surface area (Å²) in [5.41, 5.74) is 6.06. The summed E-state index contributed by atoms with van der Waals surface area (Å²) in [6.45, 7) is 5.92. The summed E-state index contributed by atoms with van der Waals surface area (Å²) in [6.07, 6.45) is 0.949. The zero-order valence-corrected chi connectivity index (χ0v) is 13.8. The highest BCUT2D eigenvalue weighted by Crippen LogP contribution is 2.21. The van der Waals surface area contributed by atoms with E-state index < -0.39 is 17.5 Å². The van der Waals surface area contributed by atoms with Gasteiger partial charge in [-0.3, -0.25) is 4.79 Å². The molecule has 6 heteroatoms. The molecule has 4 nitrogen and oxygen atoms in total. The first-order valence-electron chi connectivity index (χ1n) is 7.46. The van der Waals surface area contributed by atoms with Crippen molar-refractivity contribution in [2.24, 2.45) is 5.10 Å². The fourth-order valence-corrected chi connectivity index (χ4v) is 2.47. The highest BCUT2D eigenvalue weighted by Gasteiger charge is 2.07. The van der Waals surface area contributed by atoms with Crippen LogP contribution in [0.2, 0.25) is 0 Å². The third kappa shape index (κ3) is 4.38. The van der Waals surface area contributed by atoms with Crippen molar-refractivity contribution >= 4 is 17.8 Å². The molecular weight excluding hydrogens is 312 g/mol. The number of rotatable bonds is 5. The summed E-state index contributed by atoms with van der Waals surface area (Å²) < 4.78 is 26.8. The van der Waals surface area contributed by atoms with Gasteiger partial charge in [-0.1, -0.05) is 23.8 Å². The molecule has 2 aromatic rings. The van der Waals surface area contributed by atoms with Gasteiger partial charge in [0, 0.05) is 5.69 Å². The molecule has 0 aliphatic rings. The molecule has 24 heavy (non-hydrogen) atoms. The molecule has 2 N–H and O–H groups in total. The molecule has 0 radical (unpaired) electrons. The number of carbonyl (C=O) groups is 1. The van der Waals surface area contributed by atoms with E-state index in [-0.39, 0.29) is 12.1 Å². The molecule has 0 saturated carbocycles. The van der Waals surface area contributed by atoms with E-state index in [0.29, 0.717) is 0 Å². The largest absolute Gasteiger partial charge is 0.376 e. The van der Waals surface area contributed by atoms with Crippen molar-refractivity contribution < 1.29 is 13.6 Å². The minimum atomic E-state index is -0.739. The van der Waals surface area contributed by atoms with E-state index in [1.165, 1.54) is 6.07 Å². The van der Waals surface area contributed by atoms with Crippen LogP contribution in [0.5, 0.6) is 0 Å². The standard InChI is InChI=1S/C18H19F2N3O/c1-11-7-12(2)18(13(3)8-11)21-10-17(24)23-22-9-14-15(19)5-4-6-16(14)20/h4-9,21H,10H2,1-3H3,(H,23,24)/b22-9-. The second-order valence-electron chi connectivity index (χ2n) is 5.56. The molecule has 0 fully saturated rings. The van der Waals surface area contributed by atoms with Gasteiger partial charge in [0.05, 0.1) is 18.3 Å². The van der Waals surface area contributed by atoms with Crippen molar-refractivity contribution in [3.63, 3.8) is 0 Å². The Hall–Kier alpha value is -2.76. The number of hydrogen-bond donors (Lipinski definition) is 2. The number of aryl methyl sites for hydroxylation is 3. The Labute approximate surface area is 139 Å². The molecule has 126 valence electrons. The minimum absolute atomic E-state index is 0.00182. The molecule has 2 aromatic carbocycles. The van der Waals surface area contributed by atoms with Crippen LogP contribution in [0.15, 0.2) is 35.4 Å². The number of hydrogen-bond acceptors (Lipinski definition) is 3. The first-order chi connectivity index (χ1) is 11.4. The fourth-order valence-electron chi connectivity index (χ4n) is 2.47. The zero-order valence-electron chi connectivity index (χ0n) is 13.8. The molecule has 0 saturated heterocycles. The lowest BCUT2D eigenvalue weighted by Gasteiger charge is -2.13. The lowest BCUT2D eigenvalue weighted by molar-refractivity contribution is -0.119. The average Bonchev–Trinajstić information content (AvgIpc) is 2.49. The van der Waals surface area contributed by atoms with E-state index >= 15 is 0 Å². The Morgan fingerprint density at radius 1 is 1.12 bits per heavy atom. The molecule has 0 unspecified atom stereocenters. The van der Waals surface area contributed by atoms with Gasteiger partial charge in [-0.25, -0.2) is 14.2 Å². The van der Waals surface area contributed by atoms with Gasteiger partial charge >= 0.3 is 0 Å². The van der Waals surface area contributed by atoms with Crippen molar-refractivity contribution in [3.8, 4) is 0 Å². The third-order valence-electron chi connectivity index (χ3n) is 3.49. The minimum Gasteiger partial charge on any atom is -0.376 e. The highest BCUT2D eigenvalue weighted by atomic mass is 19.1. The SMILES string of the molecule is Cc1cc(C)c(NCC(=O)N/N=C\c2c(F)cccc2F)c(C)c1. The molecule has 0 spiro atoms. The van der Waals surface area contributed by atoms with Gasteiger partial charge in [-0.2, -0.15) is 5.10 Å². The smallest absolute Gasteiger partial charge is 0.259 e. The predicted molar refractivity (Wildman–Crippen MR) is 91.2 cm³/mol. The van der Waals surface area contributed by atoms with Gasteiger partial charge in [0.1, 0.15) is 11.6 Å². The average molecular weight is 331 g/mol. The quantitative estimate of drug-likeness (QED) is 0.651. The van der Waals surface area contributed by atoms with E-state index in [9.17, 15) is 13.6 Å². The van der Waals surface area contributed by atoms with Crippen LogP contribution in [0, 0.1) is 32.4 Å². The first-order valence-corrected chi connectivity index (χ1v) is 7.46. The Morgan fingerprint density at radius 3 is 2.29 bits per heavy atom. The van der Waals surface area contributed by atoms with Gasteiger partial charge in [-0.05, 0) is 44.0 Å². The second-order valence-corrected chi connectivity index (χ2v) is 5.56. The number of amides is 1. The Balaban J connectivity index is 1.94. The van der Waals surface area contributed by atoms with E-state index in [4.69, 9.17) is 0 Å². The third-order valence-corrected chi connectivity index (χ3v) is 3.49. The van der Waals surface area contributed by atoms with Crippen LogP contribution in [-0.2, 0) is 4.79 Å². The first kappa shape index (κ1) is 17.6. The number of carbonyl (C=O) groups excluding carboxylic acids is 1. The summed E-state index contributed by atoms with van der Waals surface area (Å²) in [6, 6.07) is 7.54.